The van der Waals surface area contributed by atoms with E-state index in [-0.39, 0.29) is 5.84 Å². The first-order valence-corrected chi connectivity index (χ1v) is 2.89. The molecule has 0 saturated carbocycles. The molecule has 3 nitrogen and oxygen atoms in total. The quantitative estimate of drug-likeness (QED) is 0.424. The zero-order valence-electron chi connectivity index (χ0n) is 4.09. The summed E-state index contributed by atoms with van der Waals surface area (Å²) >= 11 is 1.30. The van der Waals surface area contributed by atoms with Gasteiger partial charge in [0.1, 0.15) is 11.5 Å². The predicted molar refractivity (Wildman–Crippen MR) is 33.1 cm³/mol. The fourth-order valence-electron chi connectivity index (χ4n) is 0.351. The summed E-state index contributed by atoms with van der Waals surface area (Å²) in [5, 5.41) is 8.66. The van der Waals surface area contributed by atoms with Crippen molar-refractivity contribution < 1.29 is 0 Å². The van der Waals surface area contributed by atoms with Crippen molar-refractivity contribution in [1.82, 2.24) is 4.37 Å². The van der Waals surface area contributed by atoms with Gasteiger partial charge >= 0.3 is 0 Å². The second-order valence-electron chi connectivity index (χ2n) is 1.30. The highest BCUT2D eigenvalue weighted by Gasteiger charge is 1.93. The molecule has 0 aromatic carbocycles. The van der Waals surface area contributed by atoms with Gasteiger partial charge in [-0.1, -0.05) is 0 Å². The van der Waals surface area contributed by atoms with E-state index in [1.54, 1.807) is 11.4 Å². The molecule has 0 saturated heterocycles. The number of aromatic nitrogens is 1. The number of nitrogens with one attached hydrogen (secondary N) is 1. The molecule has 3 N–H and O–H groups in total. The van der Waals surface area contributed by atoms with E-state index >= 15 is 0 Å². The van der Waals surface area contributed by atoms with Crippen LogP contribution in [0.4, 0.5) is 0 Å². The summed E-state index contributed by atoms with van der Waals surface area (Å²) in [6, 6.07) is 1.72. The van der Waals surface area contributed by atoms with Crippen LogP contribution in [-0.2, 0) is 0 Å². The Morgan fingerprint density at radius 2 is 2.62 bits per heavy atom. The van der Waals surface area contributed by atoms with Gasteiger partial charge in [-0.3, -0.25) is 5.41 Å². The Morgan fingerprint density at radius 3 is 2.88 bits per heavy atom. The van der Waals surface area contributed by atoms with Crippen LogP contribution in [0.3, 0.4) is 0 Å². The smallest absolute Gasteiger partial charge is 0.142 e. The SMILES string of the molecule is N=C(N)c1ccsn1. The molecule has 1 rings (SSSR count). The fraction of sp³-hybridized carbons (Fsp3) is 0. The van der Waals surface area contributed by atoms with Crippen LogP contribution < -0.4 is 5.73 Å². The molecule has 0 fully saturated rings. The molecule has 42 valence electrons. The van der Waals surface area contributed by atoms with E-state index in [4.69, 9.17) is 11.1 Å². The lowest BCUT2D eigenvalue weighted by atomic mass is 10.4. The van der Waals surface area contributed by atoms with Gasteiger partial charge in [-0.2, -0.15) is 4.37 Å². The average molecular weight is 127 g/mol. The van der Waals surface area contributed by atoms with E-state index in [9.17, 15) is 0 Å². The molecule has 1 heterocycles. The van der Waals surface area contributed by atoms with Crippen molar-refractivity contribution in [2.45, 2.75) is 0 Å². The maximum Gasteiger partial charge on any atom is 0.142 e. The maximum absolute atomic E-state index is 6.87. The third-order valence-corrected chi connectivity index (χ3v) is 1.27. The van der Waals surface area contributed by atoms with E-state index in [0.29, 0.717) is 5.69 Å². The first-order chi connectivity index (χ1) is 3.80. The molecule has 0 radical (unpaired) electrons. The molecular weight excluding hydrogens is 122 g/mol. The maximum atomic E-state index is 6.87. The number of hydrogen-bond acceptors (Lipinski definition) is 3. The van der Waals surface area contributed by atoms with Crippen LogP contribution in [0.5, 0.6) is 0 Å². The highest BCUT2D eigenvalue weighted by molar-refractivity contribution is 7.03. The number of nitrogens with zero attached hydrogens (tertiary/aromatic N) is 1. The predicted octanol–water partition coefficient (Wildman–Crippen LogP) is 0.427. The molecule has 0 aliphatic rings. The summed E-state index contributed by atoms with van der Waals surface area (Å²) < 4.78 is 3.81. The zero-order chi connectivity index (χ0) is 5.98. The van der Waals surface area contributed by atoms with Crippen molar-refractivity contribution in [1.29, 1.82) is 5.41 Å². The van der Waals surface area contributed by atoms with Crippen molar-refractivity contribution in [2.24, 2.45) is 5.73 Å². The summed E-state index contributed by atoms with van der Waals surface area (Å²) in [4.78, 5) is 0. The number of amidine groups is 1. The average Bonchev–Trinajstić information content (AvgIpc) is 2.12. The molecule has 8 heavy (non-hydrogen) atoms. The third-order valence-electron chi connectivity index (χ3n) is 0.714. The normalized spacial score (nSPS) is 9.00. The lowest BCUT2D eigenvalue weighted by molar-refractivity contribution is 1.37. The molecule has 0 aliphatic heterocycles. The Morgan fingerprint density at radius 1 is 1.88 bits per heavy atom. The standard InChI is InChI=1S/C4H5N3S/c5-4(6)3-1-2-8-7-3/h1-2H,(H3,5,6). The van der Waals surface area contributed by atoms with Gasteiger partial charge in [0.2, 0.25) is 0 Å². The van der Waals surface area contributed by atoms with Gasteiger partial charge in [-0.05, 0) is 17.6 Å². The van der Waals surface area contributed by atoms with Crippen LogP contribution in [0.2, 0.25) is 0 Å². The second kappa shape index (κ2) is 1.92. The Bertz CT molecular complexity index is 179. The van der Waals surface area contributed by atoms with Gasteiger partial charge < -0.3 is 5.73 Å². The highest BCUT2D eigenvalue weighted by Crippen LogP contribution is 1.96. The monoisotopic (exact) mass is 127 g/mol. The Hall–Kier alpha value is -0.900. The summed E-state index contributed by atoms with van der Waals surface area (Å²) in [5.74, 6) is 0.0336. The number of nitrogens with two attached hydrogens (primary N) is 1. The van der Waals surface area contributed by atoms with Crippen molar-refractivity contribution in [3.63, 3.8) is 0 Å². The topological polar surface area (TPSA) is 62.8 Å². The van der Waals surface area contributed by atoms with Gasteiger partial charge in [-0.15, -0.1) is 0 Å². The molecule has 4 heteroatoms. The van der Waals surface area contributed by atoms with Crippen LogP contribution in [0.25, 0.3) is 0 Å². The van der Waals surface area contributed by atoms with Crippen molar-refractivity contribution in [2.75, 3.05) is 0 Å². The molecule has 1 aromatic rings. The van der Waals surface area contributed by atoms with Gasteiger partial charge in [0.15, 0.2) is 0 Å². The van der Waals surface area contributed by atoms with Crippen LogP contribution in [-0.4, -0.2) is 10.2 Å². The summed E-state index contributed by atoms with van der Waals surface area (Å²) in [6.07, 6.45) is 0. The molecule has 0 aliphatic carbocycles. The number of hydrogen-bond donors (Lipinski definition) is 2. The Balaban J connectivity index is 2.93. The van der Waals surface area contributed by atoms with Gasteiger partial charge in [0.05, 0.1) is 0 Å². The molecule has 1 aromatic heterocycles. The number of rotatable bonds is 1. The van der Waals surface area contributed by atoms with E-state index in [0.717, 1.165) is 0 Å². The minimum atomic E-state index is 0.0336. The van der Waals surface area contributed by atoms with Crippen LogP contribution in [0.1, 0.15) is 5.69 Å². The van der Waals surface area contributed by atoms with Gasteiger partial charge in [-0.25, -0.2) is 0 Å². The van der Waals surface area contributed by atoms with E-state index < -0.39 is 0 Å². The van der Waals surface area contributed by atoms with Gasteiger partial charge in [0, 0.05) is 5.38 Å². The highest BCUT2D eigenvalue weighted by atomic mass is 32.1. The molecular formula is C4H5N3S. The third kappa shape index (κ3) is 0.840. The molecule has 0 atom stereocenters. The van der Waals surface area contributed by atoms with Crippen LogP contribution in [0, 0.1) is 5.41 Å². The van der Waals surface area contributed by atoms with E-state index in [2.05, 4.69) is 4.37 Å². The minimum absolute atomic E-state index is 0.0336. The molecule has 0 bridgehead atoms. The Kier molecular flexibility index (Phi) is 1.26. The van der Waals surface area contributed by atoms with Gasteiger partial charge in [0.25, 0.3) is 0 Å². The zero-order valence-corrected chi connectivity index (χ0v) is 4.90. The lowest BCUT2D eigenvalue weighted by Gasteiger charge is -1.83. The second-order valence-corrected chi connectivity index (χ2v) is 1.96. The molecule has 0 amide bonds. The fourth-order valence-corrected chi connectivity index (χ4v) is 0.875. The molecule has 0 unspecified atom stereocenters. The van der Waals surface area contributed by atoms with Crippen LogP contribution in [0.15, 0.2) is 11.4 Å². The van der Waals surface area contributed by atoms with Crippen molar-refractivity contribution >= 4 is 17.4 Å². The largest absolute Gasteiger partial charge is 0.382 e. The van der Waals surface area contributed by atoms with E-state index in [1.807, 2.05) is 0 Å². The first-order valence-electron chi connectivity index (χ1n) is 2.05. The van der Waals surface area contributed by atoms with E-state index in [1.165, 1.54) is 11.5 Å². The molecule has 0 spiro atoms. The van der Waals surface area contributed by atoms with Crippen molar-refractivity contribution in [3.8, 4) is 0 Å². The van der Waals surface area contributed by atoms with Crippen LogP contribution >= 0.6 is 11.5 Å². The summed E-state index contributed by atoms with van der Waals surface area (Å²) in [5.41, 5.74) is 5.65. The number of nitrogen functional groups attached to an aromatic ring is 1. The summed E-state index contributed by atoms with van der Waals surface area (Å²) in [6.45, 7) is 0. The Labute approximate surface area is 50.8 Å². The first kappa shape index (κ1) is 5.24. The lowest BCUT2D eigenvalue weighted by Crippen LogP contribution is -2.10. The minimum Gasteiger partial charge on any atom is -0.382 e. The summed E-state index contributed by atoms with van der Waals surface area (Å²) in [7, 11) is 0. The van der Waals surface area contributed by atoms with Crippen molar-refractivity contribution in [3.05, 3.63) is 17.1 Å².